The molecule has 134 valence electrons. The lowest BCUT2D eigenvalue weighted by Crippen LogP contribution is -2.39. The highest BCUT2D eigenvalue weighted by Gasteiger charge is 2.61. The molecule has 3 rings (SSSR count). The van der Waals surface area contributed by atoms with Crippen LogP contribution in [0.5, 0.6) is 0 Å². The predicted molar refractivity (Wildman–Crippen MR) is 86.3 cm³/mol. The van der Waals surface area contributed by atoms with E-state index in [4.69, 9.17) is 14.2 Å². The number of carbonyl (C=O) groups excluding carboxylic acids is 3. The number of carbonyl (C=O) groups is 3. The van der Waals surface area contributed by atoms with Crippen molar-refractivity contribution in [3.8, 4) is 0 Å². The van der Waals surface area contributed by atoms with E-state index in [1.54, 1.807) is 0 Å². The van der Waals surface area contributed by atoms with Crippen LogP contribution in [0, 0.1) is 11.8 Å². The van der Waals surface area contributed by atoms with E-state index in [9.17, 15) is 14.4 Å². The Morgan fingerprint density at radius 2 is 1.48 bits per heavy atom. The third-order valence-corrected chi connectivity index (χ3v) is 5.05. The highest BCUT2D eigenvalue weighted by atomic mass is 16.6. The van der Waals surface area contributed by atoms with Crippen LogP contribution in [0.4, 0.5) is 4.79 Å². The normalized spacial score (nSPS) is 27.0. The van der Waals surface area contributed by atoms with Crippen LogP contribution in [0.2, 0.25) is 0 Å². The molecule has 0 spiro atoms. The molecule has 0 aromatic heterocycles. The van der Waals surface area contributed by atoms with Crippen molar-refractivity contribution in [2.75, 3.05) is 14.2 Å². The monoisotopic (exact) mass is 347 g/mol. The molecule has 25 heavy (non-hydrogen) atoms. The van der Waals surface area contributed by atoms with E-state index in [1.807, 2.05) is 30.3 Å². The first-order chi connectivity index (χ1) is 12.1. The smallest absolute Gasteiger partial charge is 0.410 e. The van der Waals surface area contributed by atoms with E-state index in [1.165, 1.54) is 19.1 Å². The topological polar surface area (TPSA) is 82.1 Å². The van der Waals surface area contributed by atoms with Gasteiger partial charge in [0.25, 0.3) is 0 Å². The van der Waals surface area contributed by atoms with Crippen molar-refractivity contribution in [2.45, 2.75) is 31.5 Å². The molecule has 0 unspecified atom stereocenters. The number of fused-ring (bicyclic) bond motifs is 2. The summed E-state index contributed by atoms with van der Waals surface area (Å²) in [4.78, 5) is 38.5. The lowest BCUT2D eigenvalue weighted by Gasteiger charge is -2.24. The molecule has 0 N–H and O–H groups in total. The fraction of sp³-hybridized carbons (Fsp3) is 0.500. The highest BCUT2D eigenvalue weighted by molar-refractivity contribution is 5.86. The van der Waals surface area contributed by atoms with E-state index in [0.29, 0.717) is 12.8 Å². The zero-order chi connectivity index (χ0) is 18.0. The quantitative estimate of drug-likeness (QED) is 0.610. The molecular formula is C18H21NO6. The molecule has 0 aliphatic carbocycles. The molecule has 4 atom stereocenters. The number of methoxy groups -OCH3 is 2. The van der Waals surface area contributed by atoms with E-state index in [0.717, 1.165) is 5.56 Å². The maximum absolute atomic E-state index is 12.6. The number of esters is 2. The van der Waals surface area contributed by atoms with E-state index in [-0.39, 0.29) is 6.61 Å². The van der Waals surface area contributed by atoms with Gasteiger partial charge in [-0.3, -0.25) is 9.59 Å². The summed E-state index contributed by atoms with van der Waals surface area (Å²) < 4.78 is 15.1. The molecule has 2 aliphatic rings. The average Bonchev–Trinajstić information content (AvgIpc) is 3.21. The van der Waals surface area contributed by atoms with Crippen molar-refractivity contribution in [1.29, 1.82) is 0 Å². The molecule has 1 amide bonds. The molecular weight excluding hydrogens is 326 g/mol. The summed E-state index contributed by atoms with van der Waals surface area (Å²) in [7, 11) is 2.56. The fourth-order valence-corrected chi connectivity index (χ4v) is 3.99. The van der Waals surface area contributed by atoms with Crippen molar-refractivity contribution < 1.29 is 28.6 Å². The van der Waals surface area contributed by atoms with Gasteiger partial charge in [-0.2, -0.15) is 0 Å². The number of hydrogen-bond donors (Lipinski definition) is 0. The number of nitrogens with zero attached hydrogens (tertiary/aromatic N) is 1. The number of amides is 1. The van der Waals surface area contributed by atoms with Crippen molar-refractivity contribution >= 4 is 18.0 Å². The van der Waals surface area contributed by atoms with Gasteiger partial charge in [-0.15, -0.1) is 0 Å². The molecule has 2 saturated heterocycles. The Hall–Kier alpha value is -2.57. The van der Waals surface area contributed by atoms with Gasteiger partial charge in [0.2, 0.25) is 0 Å². The average molecular weight is 347 g/mol. The van der Waals surface area contributed by atoms with Crippen molar-refractivity contribution in [3.05, 3.63) is 35.9 Å². The minimum atomic E-state index is -0.708. The van der Waals surface area contributed by atoms with Gasteiger partial charge in [0.1, 0.15) is 6.61 Å². The maximum Gasteiger partial charge on any atom is 0.410 e. The Labute approximate surface area is 145 Å². The lowest BCUT2D eigenvalue weighted by molar-refractivity contribution is -0.157. The molecule has 0 radical (unpaired) electrons. The largest absolute Gasteiger partial charge is 0.469 e. The molecule has 2 aliphatic heterocycles. The van der Waals surface area contributed by atoms with Gasteiger partial charge < -0.3 is 19.1 Å². The minimum Gasteiger partial charge on any atom is -0.469 e. The first kappa shape index (κ1) is 17.3. The molecule has 2 bridgehead atoms. The van der Waals surface area contributed by atoms with Crippen LogP contribution in [0.3, 0.4) is 0 Å². The number of benzene rings is 1. The van der Waals surface area contributed by atoms with Gasteiger partial charge >= 0.3 is 18.0 Å². The van der Waals surface area contributed by atoms with Crippen LogP contribution >= 0.6 is 0 Å². The predicted octanol–water partition coefficient (Wildman–Crippen LogP) is 1.75. The standard InChI is InChI=1S/C18H21NO6/c1-23-16(20)14-12-8-9-13(15(14)17(21)24-2)19(12)18(22)25-10-11-6-4-3-5-7-11/h3-7,12-15H,8-10H2,1-2H3/t12-,13-,14-,15-/m0/s1. The summed E-state index contributed by atoms with van der Waals surface area (Å²) in [6, 6.07) is 8.54. The number of ether oxygens (including phenoxy) is 3. The van der Waals surface area contributed by atoms with Crippen LogP contribution in [0.15, 0.2) is 30.3 Å². The Bertz CT molecular complexity index is 631. The molecule has 7 heteroatoms. The van der Waals surface area contributed by atoms with Gasteiger partial charge in [-0.25, -0.2) is 4.79 Å². The highest BCUT2D eigenvalue weighted by Crippen LogP contribution is 2.47. The summed E-state index contributed by atoms with van der Waals surface area (Å²) in [5.41, 5.74) is 0.872. The lowest BCUT2D eigenvalue weighted by atomic mass is 9.79. The molecule has 1 aromatic carbocycles. The minimum absolute atomic E-state index is 0.140. The number of hydrogen-bond acceptors (Lipinski definition) is 6. The zero-order valence-electron chi connectivity index (χ0n) is 14.2. The molecule has 2 heterocycles. The molecule has 0 saturated carbocycles. The number of rotatable bonds is 4. The maximum atomic E-state index is 12.6. The molecule has 7 nitrogen and oxygen atoms in total. The van der Waals surface area contributed by atoms with Gasteiger partial charge in [-0.05, 0) is 18.4 Å². The summed E-state index contributed by atoms with van der Waals surface area (Å²) in [5.74, 6) is -2.41. The second-order valence-electron chi connectivity index (χ2n) is 6.26. The summed E-state index contributed by atoms with van der Waals surface area (Å²) >= 11 is 0. The second kappa shape index (κ2) is 7.13. The van der Waals surface area contributed by atoms with Crippen LogP contribution in [0.25, 0.3) is 0 Å². The molecule has 1 aromatic rings. The van der Waals surface area contributed by atoms with Crippen molar-refractivity contribution in [2.24, 2.45) is 11.8 Å². The van der Waals surface area contributed by atoms with E-state index in [2.05, 4.69) is 0 Å². The van der Waals surface area contributed by atoms with Crippen molar-refractivity contribution in [3.63, 3.8) is 0 Å². The Morgan fingerprint density at radius 3 is 1.96 bits per heavy atom. The zero-order valence-corrected chi connectivity index (χ0v) is 14.2. The van der Waals surface area contributed by atoms with Crippen LogP contribution < -0.4 is 0 Å². The third kappa shape index (κ3) is 3.06. The van der Waals surface area contributed by atoms with E-state index >= 15 is 0 Å². The summed E-state index contributed by atoms with van der Waals surface area (Å²) in [6.45, 7) is 0.140. The van der Waals surface area contributed by atoms with Crippen LogP contribution in [0.1, 0.15) is 18.4 Å². The van der Waals surface area contributed by atoms with E-state index < -0.39 is 42.0 Å². The Kier molecular flexibility index (Phi) is 4.92. The van der Waals surface area contributed by atoms with Gasteiger partial charge in [0, 0.05) is 12.1 Å². The third-order valence-electron chi connectivity index (χ3n) is 5.05. The van der Waals surface area contributed by atoms with Crippen LogP contribution in [-0.2, 0) is 30.4 Å². The second-order valence-corrected chi connectivity index (χ2v) is 6.26. The summed E-state index contributed by atoms with van der Waals surface area (Å²) in [6.07, 6.45) is 0.758. The SMILES string of the molecule is COC(=O)[C@@H]1[C@@H](C(=O)OC)[C@@H]2CC[C@@H]1N2C(=O)OCc1ccccc1. The van der Waals surface area contributed by atoms with Gasteiger partial charge in [0.15, 0.2) is 0 Å². The molecule has 2 fully saturated rings. The fourth-order valence-electron chi connectivity index (χ4n) is 3.99. The van der Waals surface area contributed by atoms with Crippen molar-refractivity contribution in [1.82, 2.24) is 4.90 Å². The Morgan fingerprint density at radius 1 is 0.960 bits per heavy atom. The first-order valence-electron chi connectivity index (χ1n) is 8.23. The first-order valence-corrected chi connectivity index (χ1v) is 8.23. The van der Waals surface area contributed by atoms with Crippen LogP contribution in [-0.4, -0.2) is 49.2 Å². The van der Waals surface area contributed by atoms with Gasteiger partial charge in [0.05, 0.1) is 26.1 Å². The Balaban J connectivity index is 1.76. The van der Waals surface area contributed by atoms with Gasteiger partial charge in [-0.1, -0.05) is 30.3 Å². The summed E-state index contributed by atoms with van der Waals surface area (Å²) in [5, 5.41) is 0.